The molecule has 0 fully saturated rings. The quantitative estimate of drug-likeness (QED) is 0.403. The molecule has 0 amide bonds. The molecule has 0 N–H and O–H groups in total. The van der Waals surface area contributed by atoms with E-state index in [1.54, 1.807) is 12.1 Å². The van der Waals surface area contributed by atoms with Gasteiger partial charge in [-0.1, -0.05) is 36.9 Å². The van der Waals surface area contributed by atoms with Gasteiger partial charge in [-0.2, -0.15) is 0 Å². The number of esters is 1. The molecule has 0 spiro atoms. The largest absolute Gasteiger partial charge is 0.544 e. The molecule has 132 valence electrons. The molecule has 0 aromatic heterocycles. The molecule has 0 radical (unpaired) electrons. The van der Waals surface area contributed by atoms with Crippen LogP contribution in [-0.4, -0.2) is 21.4 Å². The molecule has 2 rings (SSSR count). The van der Waals surface area contributed by atoms with Gasteiger partial charge >= 0.3 is 5.97 Å². The summed E-state index contributed by atoms with van der Waals surface area (Å²) in [7, 11) is -0.339. The predicted molar refractivity (Wildman–Crippen MR) is 102 cm³/mol. The van der Waals surface area contributed by atoms with Gasteiger partial charge in [0.15, 0.2) is 0 Å². The van der Waals surface area contributed by atoms with E-state index in [4.69, 9.17) is 13.9 Å². The lowest BCUT2D eigenvalue weighted by Gasteiger charge is -2.21. The molecular formula is C20H24O4Si. The van der Waals surface area contributed by atoms with E-state index < -0.39 is 8.32 Å². The summed E-state index contributed by atoms with van der Waals surface area (Å²) < 4.78 is 16.6. The van der Waals surface area contributed by atoms with E-state index in [1.165, 1.54) is 7.11 Å². The zero-order chi connectivity index (χ0) is 18.4. The van der Waals surface area contributed by atoms with Crippen LogP contribution in [0.15, 0.2) is 55.1 Å². The second-order valence-electron chi connectivity index (χ2n) is 6.60. The number of carbonyl (C=O) groups excluding carboxylic acids is 1. The smallest absolute Gasteiger partial charge is 0.338 e. The SMILES string of the molecule is C=C(O[Si](C)(C)C)c1cccc(OCc2ccccc2C(=O)OC)c1. The van der Waals surface area contributed by atoms with Crippen molar-refractivity contribution in [2.45, 2.75) is 26.2 Å². The van der Waals surface area contributed by atoms with Crippen LogP contribution >= 0.6 is 0 Å². The lowest BCUT2D eigenvalue weighted by atomic mass is 10.1. The Bertz CT molecular complexity index is 762. The molecule has 0 atom stereocenters. The highest BCUT2D eigenvalue weighted by atomic mass is 28.4. The Balaban J connectivity index is 2.11. The molecule has 0 bridgehead atoms. The van der Waals surface area contributed by atoms with Gasteiger partial charge in [0.1, 0.15) is 18.1 Å². The van der Waals surface area contributed by atoms with Crippen LogP contribution in [-0.2, 0) is 15.8 Å². The average molecular weight is 356 g/mol. The molecule has 25 heavy (non-hydrogen) atoms. The number of hydrogen-bond donors (Lipinski definition) is 0. The van der Waals surface area contributed by atoms with Gasteiger partial charge in [-0.25, -0.2) is 4.79 Å². The highest BCUT2D eigenvalue weighted by molar-refractivity contribution is 6.70. The van der Waals surface area contributed by atoms with Gasteiger partial charge in [-0.3, -0.25) is 0 Å². The Hall–Kier alpha value is -2.53. The van der Waals surface area contributed by atoms with Crippen molar-refractivity contribution in [1.29, 1.82) is 0 Å². The normalized spacial score (nSPS) is 10.9. The summed E-state index contributed by atoms with van der Waals surface area (Å²) >= 11 is 0. The molecule has 0 aliphatic rings. The molecule has 2 aromatic carbocycles. The maximum atomic E-state index is 11.8. The third-order valence-corrected chi connectivity index (χ3v) is 4.26. The van der Waals surface area contributed by atoms with Crippen molar-refractivity contribution in [3.05, 3.63) is 71.8 Å². The summed E-state index contributed by atoms with van der Waals surface area (Å²) in [6.07, 6.45) is 0. The molecular weight excluding hydrogens is 332 g/mol. The van der Waals surface area contributed by atoms with E-state index in [0.29, 0.717) is 17.1 Å². The monoisotopic (exact) mass is 356 g/mol. The second kappa shape index (κ2) is 8.03. The molecule has 0 aliphatic heterocycles. The second-order valence-corrected chi connectivity index (χ2v) is 11.0. The van der Waals surface area contributed by atoms with Crippen LogP contribution in [0.4, 0.5) is 0 Å². The minimum absolute atomic E-state index is 0.274. The first kappa shape index (κ1) is 18.8. The van der Waals surface area contributed by atoms with Crippen LogP contribution in [0.1, 0.15) is 21.5 Å². The fraction of sp³-hybridized carbons (Fsp3) is 0.250. The van der Waals surface area contributed by atoms with E-state index in [1.807, 2.05) is 36.4 Å². The van der Waals surface area contributed by atoms with Crippen molar-refractivity contribution in [3.8, 4) is 5.75 Å². The maximum Gasteiger partial charge on any atom is 0.338 e. The summed E-state index contributed by atoms with van der Waals surface area (Å²) in [5.41, 5.74) is 2.17. The zero-order valence-electron chi connectivity index (χ0n) is 15.2. The molecule has 0 unspecified atom stereocenters. The zero-order valence-corrected chi connectivity index (χ0v) is 16.2. The van der Waals surface area contributed by atoms with Gasteiger partial charge < -0.3 is 13.9 Å². The predicted octanol–water partition coefficient (Wildman–Crippen LogP) is 4.87. The summed E-state index contributed by atoms with van der Waals surface area (Å²) in [4.78, 5) is 11.8. The molecule has 0 aliphatic carbocycles. The maximum absolute atomic E-state index is 11.8. The van der Waals surface area contributed by atoms with Crippen LogP contribution in [0.3, 0.4) is 0 Å². The summed E-state index contributed by atoms with van der Waals surface area (Å²) in [6.45, 7) is 10.6. The highest BCUT2D eigenvalue weighted by Gasteiger charge is 2.18. The molecule has 5 heteroatoms. The Kier molecular flexibility index (Phi) is 6.04. The molecule has 0 saturated heterocycles. The molecule has 2 aromatic rings. The Morgan fingerprint density at radius 1 is 1.08 bits per heavy atom. The minimum Gasteiger partial charge on any atom is -0.544 e. The van der Waals surface area contributed by atoms with Crippen molar-refractivity contribution in [2.24, 2.45) is 0 Å². The van der Waals surface area contributed by atoms with Gasteiger partial charge in [0.2, 0.25) is 8.32 Å². The third kappa shape index (κ3) is 5.50. The Morgan fingerprint density at radius 2 is 1.80 bits per heavy atom. The Morgan fingerprint density at radius 3 is 2.48 bits per heavy atom. The minimum atomic E-state index is -1.71. The van der Waals surface area contributed by atoms with E-state index >= 15 is 0 Å². The van der Waals surface area contributed by atoms with Gasteiger partial charge in [-0.15, -0.1) is 0 Å². The van der Waals surface area contributed by atoms with Gasteiger partial charge in [-0.05, 0) is 37.8 Å². The number of hydrogen-bond acceptors (Lipinski definition) is 4. The molecule has 4 nitrogen and oxygen atoms in total. The number of benzene rings is 2. The summed E-state index contributed by atoms with van der Waals surface area (Å²) in [5.74, 6) is 0.974. The van der Waals surface area contributed by atoms with Crippen LogP contribution < -0.4 is 4.74 Å². The van der Waals surface area contributed by atoms with Crippen molar-refractivity contribution in [1.82, 2.24) is 0 Å². The average Bonchev–Trinajstić information content (AvgIpc) is 2.58. The number of ether oxygens (including phenoxy) is 2. The fourth-order valence-electron chi connectivity index (χ4n) is 2.30. The third-order valence-electron chi connectivity index (χ3n) is 3.40. The van der Waals surface area contributed by atoms with Gasteiger partial charge in [0.25, 0.3) is 0 Å². The standard InChI is InChI=1S/C20H24O4Si/c1-15(24-25(3,4)5)16-10-8-11-18(13-16)23-14-17-9-6-7-12-19(17)20(21)22-2/h6-13H,1,14H2,2-5H3. The molecule has 0 heterocycles. The van der Waals surface area contributed by atoms with Crippen LogP contribution in [0, 0.1) is 0 Å². The van der Waals surface area contributed by atoms with Crippen LogP contribution in [0.2, 0.25) is 19.6 Å². The summed E-state index contributed by atoms with van der Waals surface area (Å²) in [5, 5.41) is 0. The first-order valence-corrected chi connectivity index (χ1v) is 11.5. The summed E-state index contributed by atoms with van der Waals surface area (Å²) in [6, 6.07) is 14.8. The van der Waals surface area contributed by atoms with Gasteiger partial charge in [0, 0.05) is 11.1 Å². The number of carbonyl (C=O) groups is 1. The lowest BCUT2D eigenvalue weighted by molar-refractivity contribution is 0.0597. The van der Waals surface area contributed by atoms with Crippen molar-refractivity contribution in [3.63, 3.8) is 0 Å². The Labute approximate surface area is 150 Å². The van der Waals surface area contributed by atoms with Crippen LogP contribution in [0.25, 0.3) is 5.76 Å². The van der Waals surface area contributed by atoms with Crippen LogP contribution in [0.5, 0.6) is 5.75 Å². The highest BCUT2D eigenvalue weighted by Crippen LogP contribution is 2.24. The van der Waals surface area contributed by atoms with E-state index in [0.717, 1.165) is 11.1 Å². The number of rotatable bonds is 7. The van der Waals surface area contributed by atoms with Gasteiger partial charge in [0.05, 0.1) is 12.7 Å². The van der Waals surface area contributed by atoms with E-state index in [-0.39, 0.29) is 12.6 Å². The first-order valence-electron chi connectivity index (χ1n) is 8.07. The van der Waals surface area contributed by atoms with E-state index in [2.05, 4.69) is 26.2 Å². The topological polar surface area (TPSA) is 44.8 Å². The fourth-order valence-corrected chi connectivity index (χ4v) is 3.16. The number of methoxy groups -OCH3 is 1. The van der Waals surface area contributed by atoms with Crippen molar-refractivity contribution in [2.75, 3.05) is 7.11 Å². The van der Waals surface area contributed by atoms with Crippen molar-refractivity contribution >= 4 is 20.0 Å². The van der Waals surface area contributed by atoms with Crippen molar-refractivity contribution < 1.29 is 18.7 Å². The van der Waals surface area contributed by atoms with E-state index in [9.17, 15) is 4.79 Å². The lowest BCUT2D eigenvalue weighted by Crippen LogP contribution is -2.24. The molecule has 0 saturated carbocycles. The first-order chi connectivity index (χ1) is 11.8.